The predicted molar refractivity (Wildman–Crippen MR) is 65.2 cm³/mol. The molecule has 0 fully saturated rings. The standard InChI is InChI=1S/C13H15NO4/c15-9-5-4-8-11(13(17)18)14-12(16)10-6-2-1-3-7-10/h1-3,6-7,9,11H,4-5,8H2,(H,14,16)(H,17,18). The molecule has 0 aliphatic heterocycles. The summed E-state index contributed by atoms with van der Waals surface area (Å²) in [5.41, 5.74) is 0.416. The number of rotatable bonds is 7. The van der Waals surface area contributed by atoms with Gasteiger partial charge in [-0.25, -0.2) is 4.79 Å². The molecule has 0 heterocycles. The number of hydrogen-bond donors (Lipinski definition) is 2. The average molecular weight is 249 g/mol. The Morgan fingerprint density at radius 2 is 1.94 bits per heavy atom. The van der Waals surface area contributed by atoms with Gasteiger partial charge in [-0.3, -0.25) is 4.79 Å². The van der Waals surface area contributed by atoms with Gasteiger partial charge >= 0.3 is 5.97 Å². The lowest BCUT2D eigenvalue weighted by Gasteiger charge is -2.13. The van der Waals surface area contributed by atoms with Crippen molar-refractivity contribution in [2.75, 3.05) is 0 Å². The van der Waals surface area contributed by atoms with Crippen molar-refractivity contribution in [2.45, 2.75) is 25.3 Å². The van der Waals surface area contributed by atoms with Crippen molar-refractivity contribution < 1.29 is 19.5 Å². The molecule has 18 heavy (non-hydrogen) atoms. The van der Waals surface area contributed by atoms with Crippen molar-refractivity contribution in [2.24, 2.45) is 0 Å². The lowest BCUT2D eigenvalue weighted by Crippen LogP contribution is -2.40. The number of hydrogen-bond acceptors (Lipinski definition) is 3. The van der Waals surface area contributed by atoms with Crippen molar-refractivity contribution in [1.29, 1.82) is 0 Å². The largest absolute Gasteiger partial charge is 0.480 e. The summed E-state index contributed by atoms with van der Waals surface area (Å²) in [6.07, 6.45) is 1.71. The van der Waals surface area contributed by atoms with Crippen LogP contribution in [0.1, 0.15) is 29.6 Å². The maximum atomic E-state index is 11.7. The highest BCUT2D eigenvalue weighted by atomic mass is 16.4. The quantitative estimate of drug-likeness (QED) is 0.562. The number of aldehydes is 1. The second-order valence-electron chi connectivity index (χ2n) is 3.83. The first-order chi connectivity index (χ1) is 8.65. The summed E-state index contributed by atoms with van der Waals surface area (Å²) in [6, 6.07) is 7.45. The molecule has 1 aromatic rings. The number of carboxylic acid groups (broad SMARTS) is 1. The van der Waals surface area contributed by atoms with Crippen LogP contribution in [-0.4, -0.2) is 29.3 Å². The number of carbonyl (C=O) groups is 3. The molecule has 1 atom stereocenters. The van der Waals surface area contributed by atoms with Crippen LogP contribution in [0.2, 0.25) is 0 Å². The molecule has 5 nitrogen and oxygen atoms in total. The summed E-state index contributed by atoms with van der Waals surface area (Å²) in [6.45, 7) is 0. The van der Waals surface area contributed by atoms with Crippen molar-refractivity contribution in [3.8, 4) is 0 Å². The summed E-state index contributed by atoms with van der Waals surface area (Å²) in [7, 11) is 0. The van der Waals surface area contributed by atoms with Gasteiger partial charge in [0.2, 0.25) is 0 Å². The van der Waals surface area contributed by atoms with Crippen molar-refractivity contribution in [3.05, 3.63) is 35.9 Å². The van der Waals surface area contributed by atoms with Gasteiger partial charge in [-0.05, 0) is 25.0 Å². The normalized spacial score (nSPS) is 11.6. The van der Waals surface area contributed by atoms with Crippen LogP contribution in [0.4, 0.5) is 0 Å². The van der Waals surface area contributed by atoms with E-state index in [1.54, 1.807) is 30.3 Å². The molecule has 0 saturated heterocycles. The topological polar surface area (TPSA) is 83.5 Å². The fourth-order valence-corrected chi connectivity index (χ4v) is 1.49. The lowest BCUT2D eigenvalue weighted by molar-refractivity contribution is -0.139. The number of unbranched alkanes of at least 4 members (excludes halogenated alkanes) is 1. The fraction of sp³-hybridized carbons (Fsp3) is 0.308. The van der Waals surface area contributed by atoms with Gasteiger partial charge in [0.25, 0.3) is 5.91 Å². The molecule has 0 aromatic heterocycles. The van der Waals surface area contributed by atoms with Crippen molar-refractivity contribution in [3.63, 3.8) is 0 Å². The molecule has 0 radical (unpaired) electrons. The minimum atomic E-state index is -1.09. The molecule has 0 aliphatic rings. The third-order valence-corrected chi connectivity index (χ3v) is 2.45. The van der Waals surface area contributed by atoms with Crippen LogP contribution in [0.5, 0.6) is 0 Å². The Balaban J connectivity index is 2.58. The van der Waals surface area contributed by atoms with Gasteiger partial charge in [-0.2, -0.15) is 0 Å². The maximum absolute atomic E-state index is 11.7. The summed E-state index contributed by atoms with van der Waals surface area (Å²) in [5, 5.41) is 11.4. The molecular weight excluding hydrogens is 234 g/mol. The first-order valence-electron chi connectivity index (χ1n) is 5.67. The van der Waals surface area contributed by atoms with E-state index in [1.807, 2.05) is 0 Å². The van der Waals surface area contributed by atoms with Gasteiger partial charge in [0, 0.05) is 12.0 Å². The van der Waals surface area contributed by atoms with Crippen molar-refractivity contribution >= 4 is 18.2 Å². The fourth-order valence-electron chi connectivity index (χ4n) is 1.49. The third kappa shape index (κ3) is 4.37. The highest BCUT2D eigenvalue weighted by Gasteiger charge is 2.19. The third-order valence-electron chi connectivity index (χ3n) is 2.45. The van der Waals surface area contributed by atoms with Gasteiger partial charge in [0.1, 0.15) is 12.3 Å². The van der Waals surface area contributed by atoms with Crippen molar-refractivity contribution in [1.82, 2.24) is 5.32 Å². The summed E-state index contributed by atoms with van der Waals surface area (Å²) < 4.78 is 0. The van der Waals surface area contributed by atoms with Crippen LogP contribution in [0.3, 0.4) is 0 Å². The number of carbonyl (C=O) groups excluding carboxylic acids is 2. The molecule has 0 spiro atoms. The molecule has 5 heteroatoms. The van der Waals surface area contributed by atoms with E-state index in [1.165, 1.54) is 0 Å². The molecule has 0 aliphatic carbocycles. The first kappa shape index (κ1) is 13.9. The molecule has 96 valence electrons. The van der Waals surface area contributed by atoms with Gasteiger partial charge < -0.3 is 15.2 Å². The zero-order valence-corrected chi connectivity index (χ0v) is 9.83. The van der Waals surface area contributed by atoms with E-state index in [0.717, 1.165) is 6.29 Å². The number of carboxylic acids is 1. The Morgan fingerprint density at radius 3 is 2.50 bits per heavy atom. The van der Waals surface area contributed by atoms with Gasteiger partial charge in [-0.15, -0.1) is 0 Å². The van der Waals surface area contributed by atoms with Crippen LogP contribution in [0.15, 0.2) is 30.3 Å². The highest BCUT2D eigenvalue weighted by Crippen LogP contribution is 2.03. The number of nitrogens with one attached hydrogen (secondary N) is 1. The second kappa shape index (κ2) is 7.21. The van der Waals surface area contributed by atoms with E-state index in [4.69, 9.17) is 5.11 Å². The molecule has 1 rings (SSSR count). The molecule has 1 aromatic carbocycles. The Bertz CT molecular complexity index is 416. The molecular formula is C13H15NO4. The smallest absolute Gasteiger partial charge is 0.326 e. The minimum Gasteiger partial charge on any atom is -0.480 e. The Kier molecular flexibility index (Phi) is 5.57. The van der Waals surface area contributed by atoms with Crippen LogP contribution in [0.25, 0.3) is 0 Å². The predicted octanol–water partition coefficient (Wildman–Crippen LogP) is 1.24. The van der Waals surface area contributed by atoms with Crippen LogP contribution >= 0.6 is 0 Å². The second-order valence-corrected chi connectivity index (χ2v) is 3.83. The Labute approximate surface area is 105 Å². The lowest BCUT2D eigenvalue weighted by atomic mass is 10.1. The average Bonchev–Trinajstić information content (AvgIpc) is 2.38. The SMILES string of the molecule is O=CCCCC(NC(=O)c1ccccc1)C(=O)O. The van der Waals surface area contributed by atoms with Crippen LogP contribution < -0.4 is 5.32 Å². The number of amides is 1. The summed E-state index contributed by atoms with van der Waals surface area (Å²) in [4.78, 5) is 32.9. The number of aliphatic carboxylic acids is 1. The zero-order valence-electron chi connectivity index (χ0n) is 9.83. The number of benzene rings is 1. The molecule has 1 unspecified atom stereocenters. The van der Waals surface area contributed by atoms with Gasteiger partial charge in [-0.1, -0.05) is 18.2 Å². The Morgan fingerprint density at radius 1 is 1.28 bits per heavy atom. The Hall–Kier alpha value is -2.17. The van der Waals surface area contributed by atoms with E-state index in [-0.39, 0.29) is 6.42 Å². The molecule has 2 N–H and O–H groups in total. The zero-order chi connectivity index (χ0) is 13.4. The van der Waals surface area contributed by atoms with Gasteiger partial charge in [0.05, 0.1) is 0 Å². The highest BCUT2D eigenvalue weighted by molar-refractivity contribution is 5.96. The first-order valence-corrected chi connectivity index (χ1v) is 5.67. The minimum absolute atomic E-state index is 0.243. The monoisotopic (exact) mass is 249 g/mol. The summed E-state index contributed by atoms with van der Waals surface area (Å²) >= 11 is 0. The van der Waals surface area contributed by atoms with E-state index < -0.39 is 17.9 Å². The van der Waals surface area contributed by atoms with E-state index in [9.17, 15) is 14.4 Å². The van der Waals surface area contributed by atoms with E-state index in [0.29, 0.717) is 18.4 Å². The molecule has 0 bridgehead atoms. The van der Waals surface area contributed by atoms with Crippen LogP contribution in [-0.2, 0) is 9.59 Å². The molecule has 1 amide bonds. The van der Waals surface area contributed by atoms with Crippen LogP contribution in [0, 0.1) is 0 Å². The molecule has 0 saturated carbocycles. The maximum Gasteiger partial charge on any atom is 0.326 e. The van der Waals surface area contributed by atoms with E-state index in [2.05, 4.69) is 5.32 Å². The van der Waals surface area contributed by atoms with E-state index >= 15 is 0 Å². The van der Waals surface area contributed by atoms with Gasteiger partial charge in [0.15, 0.2) is 0 Å². The summed E-state index contributed by atoms with van der Waals surface area (Å²) in [5.74, 6) is -1.51.